The van der Waals surface area contributed by atoms with Gasteiger partial charge in [-0.3, -0.25) is 4.31 Å². The van der Waals surface area contributed by atoms with Gasteiger partial charge in [-0.25, -0.2) is 8.42 Å². The summed E-state index contributed by atoms with van der Waals surface area (Å²) in [7, 11) is -2.06. The van der Waals surface area contributed by atoms with E-state index in [1.54, 1.807) is 43.5 Å². The summed E-state index contributed by atoms with van der Waals surface area (Å²) in [6.07, 6.45) is 0. The average molecular weight is 319 g/mol. The van der Waals surface area contributed by atoms with Crippen LogP contribution in [0.15, 0.2) is 47.4 Å². The summed E-state index contributed by atoms with van der Waals surface area (Å²) in [4.78, 5) is 0.252. The Morgan fingerprint density at radius 3 is 2.68 bits per heavy atom. The molecule has 0 radical (unpaired) electrons. The fourth-order valence-corrected chi connectivity index (χ4v) is 4.08. The van der Waals surface area contributed by atoms with Gasteiger partial charge in [-0.2, -0.15) is 0 Å². The normalized spacial score (nSPS) is 14.2. The minimum Gasteiger partial charge on any atom is -0.496 e. The minimum atomic E-state index is -3.63. The number of hydrogen-bond donors (Lipinski definition) is 0. The predicted octanol–water partition coefficient (Wildman–Crippen LogP) is 2.59. The quantitative estimate of drug-likeness (QED) is 0.872. The van der Waals surface area contributed by atoms with E-state index in [0.29, 0.717) is 30.3 Å². The van der Waals surface area contributed by atoms with Gasteiger partial charge in [-0.05, 0) is 42.8 Å². The first-order valence-corrected chi connectivity index (χ1v) is 8.37. The molecule has 6 heteroatoms. The molecule has 2 aromatic carbocycles. The van der Waals surface area contributed by atoms with Crippen LogP contribution in [-0.4, -0.2) is 28.7 Å². The SMILES string of the molecule is COc1ccc(S(=O)(=O)N2CCOc3ccccc32)cc1C. The molecule has 0 spiro atoms. The lowest BCUT2D eigenvalue weighted by atomic mass is 10.2. The average Bonchev–Trinajstić information content (AvgIpc) is 2.54. The van der Waals surface area contributed by atoms with Crippen molar-refractivity contribution < 1.29 is 17.9 Å². The fourth-order valence-electron chi connectivity index (χ4n) is 2.53. The first kappa shape index (κ1) is 14.7. The summed E-state index contributed by atoms with van der Waals surface area (Å²) in [5.74, 6) is 1.25. The van der Waals surface area contributed by atoms with E-state index in [-0.39, 0.29) is 4.90 Å². The molecule has 22 heavy (non-hydrogen) atoms. The fraction of sp³-hybridized carbons (Fsp3) is 0.250. The van der Waals surface area contributed by atoms with Gasteiger partial charge in [0.25, 0.3) is 10.0 Å². The van der Waals surface area contributed by atoms with E-state index in [0.717, 1.165) is 5.56 Å². The second kappa shape index (κ2) is 5.53. The highest BCUT2D eigenvalue weighted by Gasteiger charge is 2.30. The second-order valence-corrected chi connectivity index (χ2v) is 6.89. The summed E-state index contributed by atoms with van der Waals surface area (Å²) in [5, 5.41) is 0. The Hall–Kier alpha value is -2.21. The standard InChI is InChI=1S/C16H17NO4S/c1-12-11-13(7-8-15(12)20-2)22(18,19)17-9-10-21-16-6-4-3-5-14(16)17/h3-8,11H,9-10H2,1-2H3. The summed E-state index contributed by atoms with van der Waals surface area (Å²) in [6.45, 7) is 2.46. The van der Waals surface area contributed by atoms with E-state index in [4.69, 9.17) is 9.47 Å². The molecule has 1 aliphatic heterocycles. The second-order valence-electron chi connectivity index (χ2n) is 5.02. The third kappa shape index (κ3) is 2.39. The van der Waals surface area contributed by atoms with Crippen molar-refractivity contribution in [1.29, 1.82) is 0 Å². The maximum Gasteiger partial charge on any atom is 0.264 e. The number of aryl methyl sites for hydroxylation is 1. The van der Waals surface area contributed by atoms with Gasteiger partial charge in [0.15, 0.2) is 0 Å². The third-order valence-electron chi connectivity index (χ3n) is 3.64. The van der Waals surface area contributed by atoms with Crippen molar-refractivity contribution in [2.75, 3.05) is 24.6 Å². The predicted molar refractivity (Wildman–Crippen MR) is 84.2 cm³/mol. The summed E-state index contributed by atoms with van der Waals surface area (Å²) in [6, 6.07) is 12.0. The van der Waals surface area contributed by atoms with Crippen LogP contribution in [0.25, 0.3) is 0 Å². The maximum atomic E-state index is 12.9. The lowest BCUT2D eigenvalue weighted by Crippen LogP contribution is -2.37. The largest absolute Gasteiger partial charge is 0.496 e. The number of rotatable bonds is 3. The number of para-hydroxylation sites is 2. The van der Waals surface area contributed by atoms with Crippen LogP contribution in [0.3, 0.4) is 0 Å². The Balaban J connectivity index is 2.06. The molecule has 0 saturated heterocycles. The Morgan fingerprint density at radius 2 is 1.95 bits per heavy atom. The van der Waals surface area contributed by atoms with Gasteiger partial charge >= 0.3 is 0 Å². The molecular formula is C16H17NO4S. The Bertz CT molecular complexity index is 802. The number of methoxy groups -OCH3 is 1. The topological polar surface area (TPSA) is 55.8 Å². The maximum absolute atomic E-state index is 12.9. The van der Waals surface area contributed by atoms with Crippen LogP contribution in [0.5, 0.6) is 11.5 Å². The van der Waals surface area contributed by atoms with Crippen molar-refractivity contribution >= 4 is 15.7 Å². The van der Waals surface area contributed by atoms with Crippen molar-refractivity contribution in [2.24, 2.45) is 0 Å². The molecule has 0 bridgehead atoms. The number of anilines is 1. The number of ether oxygens (including phenoxy) is 2. The van der Waals surface area contributed by atoms with Gasteiger partial charge in [-0.1, -0.05) is 12.1 Å². The Kier molecular flexibility index (Phi) is 3.70. The van der Waals surface area contributed by atoms with Crippen molar-refractivity contribution in [2.45, 2.75) is 11.8 Å². The molecule has 0 atom stereocenters. The molecular weight excluding hydrogens is 302 g/mol. The Labute approximate surface area is 130 Å². The Morgan fingerprint density at radius 1 is 1.18 bits per heavy atom. The van der Waals surface area contributed by atoms with Crippen LogP contribution < -0.4 is 13.8 Å². The van der Waals surface area contributed by atoms with Crippen LogP contribution >= 0.6 is 0 Å². The van der Waals surface area contributed by atoms with Gasteiger partial charge in [-0.15, -0.1) is 0 Å². The molecule has 1 heterocycles. The molecule has 2 aromatic rings. The molecule has 3 rings (SSSR count). The summed E-state index contributed by atoms with van der Waals surface area (Å²) >= 11 is 0. The van der Waals surface area contributed by atoms with Gasteiger partial charge in [0, 0.05) is 0 Å². The number of nitrogens with zero attached hydrogens (tertiary/aromatic N) is 1. The highest BCUT2D eigenvalue weighted by atomic mass is 32.2. The van der Waals surface area contributed by atoms with E-state index in [1.807, 2.05) is 13.0 Å². The number of sulfonamides is 1. The summed E-state index contributed by atoms with van der Waals surface area (Å²) in [5.41, 5.74) is 1.35. The zero-order valence-electron chi connectivity index (χ0n) is 12.4. The number of fused-ring (bicyclic) bond motifs is 1. The first-order valence-electron chi connectivity index (χ1n) is 6.93. The summed E-state index contributed by atoms with van der Waals surface area (Å²) < 4.78 is 38.0. The number of benzene rings is 2. The van der Waals surface area contributed by atoms with Gasteiger partial charge < -0.3 is 9.47 Å². The van der Waals surface area contributed by atoms with Crippen LogP contribution in [0.1, 0.15) is 5.56 Å². The van der Waals surface area contributed by atoms with Gasteiger partial charge in [0.1, 0.15) is 18.1 Å². The zero-order chi connectivity index (χ0) is 15.7. The van der Waals surface area contributed by atoms with Gasteiger partial charge in [0.2, 0.25) is 0 Å². The molecule has 116 valence electrons. The molecule has 0 aromatic heterocycles. The van der Waals surface area contributed by atoms with E-state index in [9.17, 15) is 8.42 Å². The smallest absolute Gasteiger partial charge is 0.264 e. The van der Waals surface area contributed by atoms with Crippen molar-refractivity contribution in [3.63, 3.8) is 0 Å². The molecule has 0 unspecified atom stereocenters. The lowest BCUT2D eigenvalue weighted by Gasteiger charge is -2.30. The molecule has 0 N–H and O–H groups in total. The lowest BCUT2D eigenvalue weighted by molar-refractivity contribution is 0.316. The van der Waals surface area contributed by atoms with Crippen LogP contribution in [0.2, 0.25) is 0 Å². The van der Waals surface area contributed by atoms with E-state index >= 15 is 0 Å². The van der Waals surface area contributed by atoms with E-state index in [2.05, 4.69) is 0 Å². The van der Waals surface area contributed by atoms with Crippen LogP contribution in [0, 0.1) is 6.92 Å². The minimum absolute atomic E-state index is 0.252. The highest BCUT2D eigenvalue weighted by Crippen LogP contribution is 2.35. The van der Waals surface area contributed by atoms with E-state index in [1.165, 1.54) is 4.31 Å². The molecule has 0 fully saturated rings. The number of hydrogen-bond acceptors (Lipinski definition) is 4. The first-order chi connectivity index (χ1) is 10.5. The monoisotopic (exact) mass is 319 g/mol. The van der Waals surface area contributed by atoms with Crippen molar-refractivity contribution in [3.8, 4) is 11.5 Å². The highest BCUT2D eigenvalue weighted by molar-refractivity contribution is 7.92. The van der Waals surface area contributed by atoms with Gasteiger partial charge in [0.05, 0.1) is 24.2 Å². The molecule has 0 saturated carbocycles. The van der Waals surface area contributed by atoms with E-state index < -0.39 is 10.0 Å². The molecule has 0 amide bonds. The zero-order valence-corrected chi connectivity index (χ0v) is 13.3. The van der Waals surface area contributed by atoms with Crippen LogP contribution in [-0.2, 0) is 10.0 Å². The molecule has 5 nitrogen and oxygen atoms in total. The van der Waals surface area contributed by atoms with Crippen molar-refractivity contribution in [3.05, 3.63) is 48.0 Å². The van der Waals surface area contributed by atoms with Crippen LogP contribution in [0.4, 0.5) is 5.69 Å². The van der Waals surface area contributed by atoms with Crippen molar-refractivity contribution in [1.82, 2.24) is 0 Å². The molecule has 1 aliphatic rings. The molecule has 0 aliphatic carbocycles. The third-order valence-corrected chi connectivity index (χ3v) is 5.45.